The van der Waals surface area contributed by atoms with Crippen molar-refractivity contribution in [2.45, 2.75) is 27.7 Å². The largest absolute Gasteiger partial charge is 0.485 e. The zero-order chi connectivity index (χ0) is 19.2. The van der Waals surface area contributed by atoms with Crippen LogP contribution in [0.25, 0.3) is 6.08 Å². The summed E-state index contributed by atoms with van der Waals surface area (Å²) in [4.78, 5) is 0. The molecule has 3 aromatic rings. The van der Waals surface area contributed by atoms with Gasteiger partial charge in [0.2, 0.25) is 0 Å². The van der Waals surface area contributed by atoms with Gasteiger partial charge < -0.3 is 9.47 Å². The number of hydrogen-bond donors (Lipinski definition) is 0. The van der Waals surface area contributed by atoms with Crippen LogP contribution in [0.3, 0.4) is 0 Å². The monoisotopic (exact) mass is 358 g/mol. The van der Waals surface area contributed by atoms with Gasteiger partial charge in [-0.3, -0.25) is 0 Å². The first-order chi connectivity index (χ1) is 13.0. The quantitative estimate of drug-likeness (QED) is 0.473. The lowest BCUT2D eigenvalue weighted by Crippen LogP contribution is -2.08. The van der Waals surface area contributed by atoms with Crippen LogP contribution >= 0.6 is 0 Å². The van der Waals surface area contributed by atoms with Crippen LogP contribution in [0.4, 0.5) is 0 Å². The van der Waals surface area contributed by atoms with Gasteiger partial charge in [0, 0.05) is 0 Å². The Labute approximate surface area is 162 Å². The van der Waals surface area contributed by atoms with Crippen LogP contribution < -0.4 is 9.47 Å². The van der Waals surface area contributed by atoms with E-state index < -0.39 is 0 Å². The SMILES string of the molecule is Cc1ccc(OC/C(=C\c2ccccc2)Oc2ccc(C)cc2C)c(C)c1. The summed E-state index contributed by atoms with van der Waals surface area (Å²) in [6, 6.07) is 22.6. The maximum atomic E-state index is 6.23. The highest BCUT2D eigenvalue weighted by Gasteiger charge is 2.08. The van der Waals surface area contributed by atoms with E-state index in [0.29, 0.717) is 6.61 Å². The van der Waals surface area contributed by atoms with Crippen LogP contribution in [0.5, 0.6) is 11.5 Å². The van der Waals surface area contributed by atoms with Gasteiger partial charge in [0.1, 0.15) is 23.9 Å². The van der Waals surface area contributed by atoms with E-state index in [0.717, 1.165) is 33.9 Å². The molecule has 0 spiro atoms. The molecule has 0 saturated carbocycles. The van der Waals surface area contributed by atoms with Gasteiger partial charge in [0.05, 0.1) is 0 Å². The summed E-state index contributed by atoms with van der Waals surface area (Å²) in [5, 5.41) is 0. The summed E-state index contributed by atoms with van der Waals surface area (Å²) in [6.45, 7) is 8.66. The molecule has 138 valence electrons. The molecule has 0 fully saturated rings. The van der Waals surface area contributed by atoms with E-state index in [-0.39, 0.29) is 0 Å². The molecule has 0 radical (unpaired) electrons. The van der Waals surface area contributed by atoms with Gasteiger partial charge in [-0.05, 0) is 62.6 Å². The molecule has 0 bridgehead atoms. The summed E-state index contributed by atoms with van der Waals surface area (Å²) in [6.07, 6.45) is 2.03. The van der Waals surface area contributed by atoms with Gasteiger partial charge in [-0.15, -0.1) is 0 Å². The van der Waals surface area contributed by atoms with Gasteiger partial charge in [-0.2, -0.15) is 0 Å². The van der Waals surface area contributed by atoms with E-state index >= 15 is 0 Å². The van der Waals surface area contributed by atoms with Gasteiger partial charge in [0.15, 0.2) is 0 Å². The second-order valence-electron chi connectivity index (χ2n) is 6.95. The molecule has 0 amide bonds. The first kappa shape index (κ1) is 18.8. The van der Waals surface area contributed by atoms with Crippen molar-refractivity contribution >= 4 is 6.08 Å². The standard InChI is InChI=1S/C25H26O2/c1-18-10-12-24(20(3)14-18)26-17-23(16-22-8-6-5-7-9-22)27-25-13-11-19(2)15-21(25)4/h5-16H,17H2,1-4H3/b23-16+. The topological polar surface area (TPSA) is 18.5 Å². The minimum absolute atomic E-state index is 0.367. The predicted octanol–water partition coefficient (Wildman–Crippen LogP) is 6.42. The molecular formula is C25H26O2. The first-order valence-corrected chi connectivity index (χ1v) is 9.22. The van der Waals surface area contributed by atoms with E-state index in [1.54, 1.807) is 0 Å². The fourth-order valence-electron chi connectivity index (χ4n) is 3.00. The van der Waals surface area contributed by atoms with Gasteiger partial charge >= 0.3 is 0 Å². The minimum atomic E-state index is 0.367. The van der Waals surface area contributed by atoms with Crippen molar-refractivity contribution in [3.8, 4) is 11.5 Å². The third-order valence-electron chi connectivity index (χ3n) is 4.40. The molecule has 2 heteroatoms. The summed E-state index contributed by atoms with van der Waals surface area (Å²) in [7, 11) is 0. The maximum absolute atomic E-state index is 6.23. The second kappa shape index (κ2) is 8.59. The highest BCUT2D eigenvalue weighted by molar-refractivity contribution is 5.52. The lowest BCUT2D eigenvalue weighted by molar-refractivity contribution is 0.281. The smallest absolute Gasteiger partial charge is 0.146 e. The predicted molar refractivity (Wildman–Crippen MR) is 112 cm³/mol. The van der Waals surface area contributed by atoms with E-state index in [2.05, 4.69) is 64.1 Å². The highest BCUT2D eigenvalue weighted by atomic mass is 16.5. The molecule has 27 heavy (non-hydrogen) atoms. The molecule has 0 aliphatic rings. The average Bonchev–Trinajstić information content (AvgIpc) is 2.64. The third-order valence-corrected chi connectivity index (χ3v) is 4.40. The Morgan fingerprint density at radius 1 is 0.741 bits per heavy atom. The normalized spacial score (nSPS) is 11.3. The number of rotatable bonds is 6. The average molecular weight is 358 g/mol. The molecule has 0 N–H and O–H groups in total. The second-order valence-corrected chi connectivity index (χ2v) is 6.95. The van der Waals surface area contributed by atoms with Gasteiger partial charge in [-0.25, -0.2) is 0 Å². The fraction of sp³-hybridized carbons (Fsp3) is 0.200. The number of hydrogen-bond acceptors (Lipinski definition) is 2. The first-order valence-electron chi connectivity index (χ1n) is 9.22. The van der Waals surface area contributed by atoms with Crippen molar-refractivity contribution in [2.75, 3.05) is 6.61 Å². The molecule has 3 rings (SSSR count). The van der Waals surface area contributed by atoms with Gasteiger partial charge in [0.25, 0.3) is 0 Å². The zero-order valence-corrected chi connectivity index (χ0v) is 16.5. The van der Waals surface area contributed by atoms with Crippen LogP contribution in [0.1, 0.15) is 27.8 Å². The van der Waals surface area contributed by atoms with Crippen LogP contribution in [0.15, 0.2) is 72.5 Å². The van der Waals surface area contributed by atoms with E-state index in [1.807, 2.05) is 36.4 Å². The lowest BCUT2D eigenvalue weighted by atomic mass is 10.1. The molecule has 0 aliphatic heterocycles. The number of ether oxygens (including phenoxy) is 2. The van der Waals surface area contributed by atoms with Crippen molar-refractivity contribution in [3.05, 3.63) is 100 Å². The van der Waals surface area contributed by atoms with Crippen molar-refractivity contribution in [1.29, 1.82) is 0 Å². The Balaban J connectivity index is 1.84. The molecule has 0 unspecified atom stereocenters. The Hall–Kier alpha value is -3.00. The fourth-order valence-corrected chi connectivity index (χ4v) is 3.00. The van der Waals surface area contributed by atoms with E-state index in [9.17, 15) is 0 Å². The Morgan fingerprint density at radius 3 is 1.93 bits per heavy atom. The van der Waals surface area contributed by atoms with Crippen molar-refractivity contribution in [2.24, 2.45) is 0 Å². The number of benzene rings is 3. The summed E-state index contributed by atoms with van der Waals surface area (Å²) in [5.74, 6) is 2.50. The zero-order valence-electron chi connectivity index (χ0n) is 16.5. The summed E-state index contributed by atoms with van der Waals surface area (Å²) >= 11 is 0. The molecule has 0 heterocycles. The minimum Gasteiger partial charge on any atom is -0.485 e. The molecule has 0 aromatic heterocycles. The van der Waals surface area contributed by atoms with E-state index in [1.165, 1.54) is 11.1 Å². The summed E-state index contributed by atoms with van der Waals surface area (Å²) < 4.78 is 12.3. The Kier molecular flexibility index (Phi) is 5.97. The van der Waals surface area contributed by atoms with Crippen LogP contribution in [0.2, 0.25) is 0 Å². The molecule has 3 aromatic carbocycles. The highest BCUT2D eigenvalue weighted by Crippen LogP contribution is 2.24. The van der Waals surface area contributed by atoms with Crippen molar-refractivity contribution in [3.63, 3.8) is 0 Å². The summed E-state index contributed by atoms with van der Waals surface area (Å²) in [5.41, 5.74) is 5.77. The van der Waals surface area contributed by atoms with Crippen molar-refractivity contribution in [1.82, 2.24) is 0 Å². The maximum Gasteiger partial charge on any atom is 0.146 e. The molecule has 0 saturated heterocycles. The molecular weight excluding hydrogens is 332 g/mol. The molecule has 0 aliphatic carbocycles. The van der Waals surface area contributed by atoms with Gasteiger partial charge in [-0.1, -0.05) is 65.7 Å². The third kappa shape index (κ3) is 5.24. The Morgan fingerprint density at radius 2 is 1.33 bits per heavy atom. The van der Waals surface area contributed by atoms with Crippen LogP contribution in [-0.4, -0.2) is 6.61 Å². The van der Waals surface area contributed by atoms with Crippen molar-refractivity contribution < 1.29 is 9.47 Å². The van der Waals surface area contributed by atoms with E-state index in [4.69, 9.17) is 9.47 Å². The lowest BCUT2D eigenvalue weighted by Gasteiger charge is -2.15. The Bertz CT molecular complexity index is 940. The van der Waals surface area contributed by atoms with Crippen LogP contribution in [-0.2, 0) is 0 Å². The number of aryl methyl sites for hydroxylation is 4. The molecule has 2 nitrogen and oxygen atoms in total. The van der Waals surface area contributed by atoms with Crippen LogP contribution in [0, 0.1) is 27.7 Å². The molecule has 0 atom stereocenters.